The molecule has 2 aromatic rings. The Kier molecular flexibility index (Phi) is 9.36. The number of carbonyl (C=O) groups is 2. The zero-order valence-electron chi connectivity index (χ0n) is 18.6. The minimum atomic E-state index is -1.40. The number of ether oxygens (including phenoxy) is 2. The van der Waals surface area contributed by atoms with Crippen LogP contribution < -0.4 is 16.2 Å². The van der Waals surface area contributed by atoms with Gasteiger partial charge in [-0.3, -0.25) is 4.79 Å². The second-order valence-corrected chi connectivity index (χ2v) is 10.2. The van der Waals surface area contributed by atoms with Gasteiger partial charge in [0.15, 0.2) is 6.10 Å². The molecule has 0 bridgehead atoms. The summed E-state index contributed by atoms with van der Waals surface area (Å²) in [6.45, 7) is 3.44. The fraction of sp³-hybridized carbons (Fsp3) is 0.500. The fourth-order valence-corrected chi connectivity index (χ4v) is 5.86. The maximum atomic E-state index is 12.6. The van der Waals surface area contributed by atoms with Gasteiger partial charge in [0.05, 0.1) is 28.0 Å². The van der Waals surface area contributed by atoms with Crippen molar-refractivity contribution in [2.24, 2.45) is 11.5 Å². The number of hydrogen-bond acceptors (Lipinski definition) is 7. The summed E-state index contributed by atoms with van der Waals surface area (Å²) in [7, 11) is -1.40. The molecule has 33 heavy (non-hydrogen) atoms. The van der Waals surface area contributed by atoms with E-state index >= 15 is 0 Å². The first kappa shape index (κ1) is 25.3. The van der Waals surface area contributed by atoms with Crippen LogP contribution in [0, 0.1) is 0 Å². The van der Waals surface area contributed by atoms with E-state index < -0.39 is 23.0 Å². The summed E-state index contributed by atoms with van der Waals surface area (Å²) in [6, 6.07) is 5.13. The number of nitrogens with two attached hydrogens (primary N) is 2. The number of carbonyl (C=O) groups excluding carboxylic acids is 2. The number of benzene rings is 1. The van der Waals surface area contributed by atoms with Crippen LogP contribution in [0.15, 0.2) is 29.3 Å². The molecule has 1 saturated carbocycles. The quantitative estimate of drug-likeness (QED) is 0.539. The number of thiazole rings is 1. The topological polar surface area (TPSA) is 147 Å². The molecule has 2 fully saturated rings. The molecular formula is C22H30N4O5S2. The largest absolute Gasteiger partial charge is 0.441 e. The van der Waals surface area contributed by atoms with Crippen LogP contribution in [0.1, 0.15) is 60.3 Å². The predicted molar refractivity (Wildman–Crippen MR) is 127 cm³/mol. The Morgan fingerprint density at radius 1 is 1.24 bits per heavy atom. The minimum Gasteiger partial charge on any atom is -0.441 e. The van der Waals surface area contributed by atoms with Crippen LogP contribution in [-0.2, 0) is 20.5 Å². The molecule has 0 spiro atoms. The lowest BCUT2D eigenvalue weighted by molar-refractivity contribution is -0.0961. The molecule has 11 heteroatoms. The van der Waals surface area contributed by atoms with E-state index in [9.17, 15) is 13.8 Å². The van der Waals surface area contributed by atoms with Gasteiger partial charge >= 0.3 is 6.09 Å². The van der Waals surface area contributed by atoms with Crippen LogP contribution in [0.5, 0.6) is 0 Å². The van der Waals surface area contributed by atoms with Crippen LogP contribution in [0.25, 0.3) is 10.4 Å². The fourth-order valence-electron chi connectivity index (χ4n) is 3.64. The summed E-state index contributed by atoms with van der Waals surface area (Å²) in [4.78, 5) is 27.6. The molecule has 1 atom stereocenters. The van der Waals surface area contributed by atoms with Crippen molar-refractivity contribution < 1.29 is 23.3 Å². The molecule has 1 saturated heterocycles. The summed E-state index contributed by atoms with van der Waals surface area (Å²) in [5.74, 6) is 0.0219. The summed E-state index contributed by atoms with van der Waals surface area (Å²) < 4.78 is 24.7. The molecule has 2 heterocycles. The standard InChI is InChI=1S/C18H23N3O2S2.C4H7NO3/c1-2-21-25(23)16-10-13(17(19)22)8-9-14(16)15-11-20-18(24-15)12-6-4-3-5-7-12;5-4(6)8-3-1-7-2-3/h8-12,21H,2-7H2,1H3,(H2,19,22);3H,1-2H2,(H2,5,6). The van der Waals surface area contributed by atoms with Gasteiger partial charge in [-0.15, -0.1) is 11.3 Å². The number of nitrogens with one attached hydrogen (secondary N) is 1. The Balaban J connectivity index is 0.000000323. The Bertz CT molecular complexity index is 987. The first-order valence-corrected chi connectivity index (χ1v) is 12.9. The molecule has 0 radical (unpaired) electrons. The monoisotopic (exact) mass is 494 g/mol. The average Bonchev–Trinajstić information content (AvgIpc) is 3.27. The second kappa shape index (κ2) is 12.2. The summed E-state index contributed by atoms with van der Waals surface area (Å²) >= 11 is 1.67. The second-order valence-electron chi connectivity index (χ2n) is 7.84. The van der Waals surface area contributed by atoms with Gasteiger partial charge in [-0.05, 0) is 25.0 Å². The molecule has 1 unspecified atom stereocenters. The summed E-state index contributed by atoms with van der Waals surface area (Å²) in [5.41, 5.74) is 11.3. The molecule has 9 nitrogen and oxygen atoms in total. The summed E-state index contributed by atoms with van der Waals surface area (Å²) in [6.07, 6.45) is 7.29. The molecule has 1 aliphatic heterocycles. The van der Waals surface area contributed by atoms with Gasteiger partial charge < -0.3 is 20.9 Å². The lowest BCUT2D eigenvalue weighted by Gasteiger charge is -2.24. The lowest BCUT2D eigenvalue weighted by atomic mass is 9.90. The highest BCUT2D eigenvalue weighted by Gasteiger charge is 2.22. The number of rotatable bonds is 7. The number of hydrogen-bond donors (Lipinski definition) is 3. The number of aromatic nitrogens is 1. The minimum absolute atomic E-state index is 0.0903. The van der Waals surface area contributed by atoms with Crippen LogP contribution in [0.3, 0.4) is 0 Å². The normalized spacial score (nSPS) is 17.4. The smallest absolute Gasteiger partial charge is 0.404 e. The highest BCUT2D eigenvalue weighted by Crippen LogP contribution is 2.38. The first-order chi connectivity index (χ1) is 15.9. The van der Waals surface area contributed by atoms with E-state index in [0.717, 1.165) is 15.4 Å². The Morgan fingerprint density at radius 3 is 2.52 bits per heavy atom. The first-order valence-electron chi connectivity index (χ1n) is 11.0. The molecule has 1 aliphatic carbocycles. The van der Waals surface area contributed by atoms with Gasteiger partial charge in [0.2, 0.25) is 5.91 Å². The van der Waals surface area contributed by atoms with Crippen molar-refractivity contribution >= 4 is 34.3 Å². The number of amides is 2. The van der Waals surface area contributed by atoms with E-state index in [0.29, 0.717) is 36.1 Å². The highest BCUT2D eigenvalue weighted by atomic mass is 32.2. The maximum Gasteiger partial charge on any atom is 0.404 e. The Labute approximate surface area is 199 Å². The maximum absolute atomic E-state index is 12.6. The van der Waals surface area contributed by atoms with Crippen molar-refractivity contribution in [3.05, 3.63) is 35.0 Å². The van der Waals surface area contributed by atoms with Crippen LogP contribution >= 0.6 is 11.3 Å². The highest BCUT2D eigenvalue weighted by molar-refractivity contribution is 7.83. The van der Waals surface area contributed by atoms with Gasteiger partial charge in [-0.2, -0.15) is 0 Å². The molecule has 180 valence electrons. The van der Waals surface area contributed by atoms with Crippen molar-refractivity contribution in [2.75, 3.05) is 19.8 Å². The van der Waals surface area contributed by atoms with Gasteiger partial charge in [0.1, 0.15) is 11.0 Å². The van der Waals surface area contributed by atoms with Crippen LogP contribution in [-0.4, -0.2) is 47.1 Å². The lowest BCUT2D eigenvalue weighted by Crippen LogP contribution is -2.39. The average molecular weight is 495 g/mol. The molecule has 5 N–H and O–H groups in total. The van der Waals surface area contributed by atoms with Crippen molar-refractivity contribution in [3.63, 3.8) is 0 Å². The molecule has 1 aromatic carbocycles. The predicted octanol–water partition coefficient (Wildman–Crippen LogP) is 3.07. The van der Waals surface area contributed by atoms with Crippen LogP contribution in [0.2, 0.25) is 0 Å². The van der Waals surface area contributed by atoms with Crippen molar-refractivity contribution in [1.82, 2.24) is 9.71 Å². The zero-order valence-corrected chi connectivity index (χ0v) is 20.2. The third-order valence-electron chi connectivity index (χ3n) is 5.38. The van der Waals surface area contributed by atoms with Crippen molar-refractivity contribution in [1.29, 1.82) is 0 Å². The Hall–Kier alpha value is -2.34. The van der Waals surface area contributed by atoms with Crippen LogP contribution in [0.4, 0.5) is 4.79 Å². The van der Waals surface area contributed by atoms with E-state index in [-0.39, 0.29) is 6.10 Å². The van der Waals surface area contributed by atoms with Crippen molar-refractivity contribution in [3.8, 4) is 10.4 Å². The van der Waals surface area contributed by atoms with E-state index in [2.05, 4.69) is 20.2 Å². The SMILES string of the molecule is CCNS(=O)c1cc(C(N)=O)ccc1-c1cnc(C2CCCCC2)s1.NC(=O)OC1COC1. The zero-order chi connectivity index (χ0) is 23.8. The molecule has 4 rings (SSSR count). The number of primary amides is 2. The Morgan fingerprint density at radius 2 is 1.97 bits per heavy atom. The van der Waals surface area contributed by atoms with Gasteiger partial charge in [0, 0.05) is 29.8 Å². The van der Waals surface area contributed by atoms with Gasteiger partial charge in [0.25, 0.3) is 0 Å². The molecule has 1 aromatic heterocycles. The molecule has 2 aliphatic rings. The number of nitrogens with zero attached hydrogens (tertiary/aromatic N) is 1. The van der Waals surface area contributed by atoms with E-state index in [1.807, 2.05) is 19.2 Å². The molecule has 2 amide bonds. The van der Waals surface area contributed by atoms with Crippen molar-refractivity contribution in [2.45, 2.75) is 55.9 Å². The van der Waals surface area contributed by atoms with E-state index in [1.54, 1.807) is 23.5 Å². The van der Waals surface area contributed by atoms with E-state index in [1.165, 1.54) is 32.1 Å². The van der Waals surface area contributed by atoms with Gasteiger partial charge in [-0.1, -0.05) is 32.3 Å². The summed E-state index contributed by atoms with van der Waals surface area (Å²) in [5, 5.41) is 1.16. The third-order valence-corrected chi connectivity index (χ3v) is 7.86. The third kappa shape index (κ3) is 7.07. The molecular weight excluding hydrogens is 464 g/mol. The van der Waals surface area contributed by atoms with Gasteiger partial charge in [-0.25, -0.2) is 18.7 Å². The van der Waals surface area contributed by atoms with E-state index in [4.69, 9.17) is 10.5 Å².